The van der Waals surface area contributed by atoms with Crippen molar-refractivity contribution < 1.29 is 9.84 Å². The van der Waals surface area contributed by atoms with Gasteiger partial charge >= 0.3 is 0 Å². The van der Waals surface area contributed by atoms with Crippen molar-refractivity contribution in [3.8, 4) is 0 Å². The summed E-state index contributed by atoms with van der Waals surface area (Å²) in [5.41, 5.74) is 0.835. The molecular weight excluding hydrogens is 142 g/mol. The molecule has 0 bridgehead atoms. The summed E-state index contributed by atoms with van der Waals surface area (Å²) in [6.45, 7) is 0. The van der Waals surface area contributed by atoms with E-state index in [0.717, 1.165) is 5.69 Å². The van der Waals surface area contributed by atoms with Gasteiger partial charge in [-0.2, -0.15) is 0 Å². The van der Waals surface area contributed by atoms with Gasteiger partial charge in [-0.3, -0.25) is 0 Å². The van der Waals surface area contributed by atoms with Gasteiger partial charge in [-0.05, 0) is 12.1 Å². The molecule has 60 valence electrons. The predicted octanol–water partition coefficient (Wildman–Crippen LogP) is 1.02. The minimum Gasteiger partial charge on any atom is -0.351 e. The minimum absolute atomic E-state index is 0.835. The summed E-state index contributed by atoms with van der Waals surface area (Å²) in [6, 6.07) is 9.37. The lowest BCUT2D eigenvalue weighted by atomic mass is 10.3. The third-order valence-corrected chi connectivity index (χ3v) is 1.29. The van der Waals surface area contributed by atoms with Crippen LogP contribution in [0.3, 0.4) is 0 Å². The van der Waals surface area contributed by atoms with Crippen molar-refractivity contribution in [1.82, 2.24) is 0 Å². The summed E-state index contributed by atoms with van der Waals surface area (Å²) >= 11 is 0. The van der Waals surface area contributed by atoms with Crippen molar-refractivity contribution in [3.05, 3.63) is 30.3 Å². The number of aliphatic hydroxyl groups is 1. The molecular formula is C8H11NO2. The van der Waals surface area contributed by atoms with Gasteiger partial charge in [0.15, 0.2) is 0 Å². The second-order valence-corrected chi connectivity index (χ2v) is 2.10. The standard InChI is InChI=1S/C8H11NO2/c1-11-8(10)9-7-5-3-2-4-6-7/h2-6,8-10H,1H3. The number of methoxy groups -OCH3 is 1. The maximum Gasteiger partial charge on any atom is 0.235 e. The first-order valence-electron chi connectivity index (χ1n) is 3.35. The summed E-state index contributed by atoms with van der Waals surface area (Å²) < 4.78 is 4.60. The van der Waals surface area contributed by atoms with Crippen LogP contribution in [0.5, 0.6) is 0 Å². The Hall–Kier alpha value is -1.06. The summed E-state index contributed by atoms with van der Waals surface area (Å²) in [6.07, 6.45) is -0.933. The van der Waals surface area contributed by atoms with E-state index in [1.165, 1.54) is 7.11 Å². The summed E-state index contributed by atoms with van der Waals surface area (Å²) in [4.78, 5) is 0. The number of ether oxygens (including phenoxy) is 1. The zero-order valence-corrected chi connectivity index (χ0v) is 6.32. The molecule has 3 nitrogen and oxygen atoms in total. The molecule has 1 rings (SSSR count). The molecule has 0 spiro atoms. The first-order valence-corrected chi connectivity index (χ1v) is 3.35. The smallest absolute Gasteiger partial charge is 0.235 e. The van der Waals surface area contributed by atoms with Gasteiger partial charge in [-0.15, -0.1) is 0 Å². The van der Waals surface area contributed by atoms with Crippen molar-refractivity contribution in [2.24, 2.45) is 0 Å². The van der Waals surface area contributed by atoms with E-state index in [4.69, 9.17) is 5.11 Å². The Bertz CT molecular complexity index is 201. The van der Waals surface area contributed by atoms with Crippen LogP contribution in [-0.2, 0) is 4.74 Å². The Labute approximate surface area is 65.6 Å². The molecule has 3 heteroatoms. The maximum absolute atomic E-state index is 8.98. The molecule has 0 heterocycles. The second kappa shape index (κ2) is 3.95. The number of rotatable bonds is 3. The molecule has 0 aliphatic carbocycles. The van der Waals surface area contributed by atoms with Crippen LogP contribution in [0.2, 0.25) is 0 Å². The van der Waals surface area contributed by atoms with E-state index < -0.39 is 6.41 Å². The van der Waals surface area contributed by atoms with Crippen molar-refractivity contribution in [1.29, 1.82) is 0 Å². The lowest BCUT2D eigenvalue weighted by Gasteiger charge is -2.10. The van der Waals surface area contributed by atoms with E-state index in [2.05, 4.69) is 10.1 Å². The average molecular weight is 153 g/mol. The normalized spacial score (nSPS) is 12.5. The number of nitrogens with one attached hydrogen (secondary N) is 1. The van der Waals surface area contributed by atoms with Gasteiger partial charge in [0.1, 0.15) is 0 Å². The second-order valence-electron chi connectivity index (χ2n) is 2.10. The molecule has 0 aromatic heterocycles. The van der Waals surface area contributed by atoms with Gasteiger partial charge in [0.25, 0.3) is 0 Å². The highest BCUT2D eigenvalue weighted by molar-refractivity contribution is 5.42. The minimum atomic E-state index is -0.933. The van der Waals surface area contributed by atoms with Gasteiger partial charge in [-0.25, -0.2) is 0 Å². The van der Waals surface area contributed by atoms with Crippen LogP contribution < -0.4 is 5.32 Å². The van der Waals surface area contributed by atoms with Crippen molar-refractivity contribution >= 4 is 5.69 Å². The third-order valence-electron chi connectivity index (χ3n) is 1.29. The Morgan fingerprint density at radius 3 is 2.55 bits per heavy atom. The van der Waals surface area contributed by atoms with Crippen LogP contribution in [0.25, 0.3) is 0 Å². The Morgan fingerprint density at radius 1 is 1.36 bits per heavy atom. The molecule has 0 saturated heterocycles. The largest absolute Gasteiger partial charge is 0.351 e. The van der Waals surface area contributed by atoms with Gasteiger partial charge in [0.2, 0.25) is 6.41 Å². The Balaban J connectivity index is 2.51. The van der Waals surface area contributed by atoms with Crippen molar-refractivity contribution in [2.75, 3.05) is 12.4 Å². The molecule has 0 aliphatic heterocycles. The molecule has 1 aromatic carbocycles. The molecule has 1 aromatic rings. The fraction of sp³-hybridized carbons (Fsp3) is 0.250. The fourth-order valence-corrected chi connectivity index (χ4v) is 0.736. The van der Waals surface area contributed by atoms with Crippen LogP contribution in [-0.4, -0.2) is 18.6 Å². The van der Waals surface area contributed by atoms with Crippen molar-refractivity contribution in [2.45, 2.75) is 6.41 Å². The molecule has 0 aliphatic rings. The summed E-state index contributed by atoms with van der Waals surface area (Å²) in [7, 11) is 1.43. The maximum atomic E-state index is 8.98. The zero-order chi connectivity index (χ0) is 8.10. The van der Waals surface area contributed by atoms with E-state index in [9.17, 15) is 0 Å². The number of hydrogen-bond donors (Lipinski definition) is 2. The summed E-state index contributed by atoms with van der Waals surface area (Å²) in [5, 5.41) is 11.7. The molecule has 0 fully saturated rings. The Kier molecular flexibility index (Phi) is 2.89. The highest BCUT2D eigenvalue weighted by Gasteiger charge is 1.97. The molecule has 11 heavy (non-hydrogen) atoms. The number of para-hydroxylation sites is 1. The third kappa shape index (κ3) is 2.57. The van der Waals surface area contributed by atoms with E-state index in [1.54, 1.807) is 0 Å². The SMILES string of the molecule is COC(O)Nc1ccccc1. The van der Waals surface area contributed by atoms with Crippen LogP contribution >= 0.6 is 0 Å². The van der Waals surface area contributed by atoms with Gasteiger partial charge < -0.3 is 15.2 Å². The molecule has 2 N–H and O–H groups in total. The fourth-order valence-electron chi connectivity index (χ4n) is 0.736. The molecule has 1 unspecified atom stereocenters. The van der Waals surface area contributed by atoms with Crippen LogP contribution in [0.1, 0.15) is 0 Å². The topological polar surface area (TPSA) is 41.5 Å². The number of anilines is 1. The van der Waals surface area contributed by atoms with E-state index in [-0.39, 0.29) is 0 Å². The summed E-state index contributed by atoms with van der Waals surface area (Å²) in [5.74, 6) is 0. The van der Waals surface area contributed by atoms with E-state index in [1.807, 2.05) is 30.3 Å². The van der Waals surface area contributed by atoms with E-state index >= 15 is 0 Å². The lowest BCUT2D eigenvalue weighted by molar-refractivity contribution is -0.0509. The molecule has 0 radical (unpaired) electrons. The van der Waals surface area contributed by atoms with E-state index in [0.29, 0.717) is 0 Å². The van der Waals surface area contributed by atoms with Crippen LogP contribution in [0, 0.1) is 0 Å². The Morgan fingerprint density at radius 2 is 2.00 bits per heavy atom. The quantitative estimate of drug-likeness (QED) is 0.637. The average Bonchev–Trinajstić information content (AvgIpc) is 2.06. The number of aliphatic hydroxyl groups excluding tert-OH is 1. The van der Waals surface area contributed by atoms with Gasteiger partial charge in [0, 0.05) is 12.8 Å². The van der Waals surface area contributed by atoms with Crippen LogP contribution in [0.15, 0.2) is 30.3 Å². The molecule has 0 saturated carbocycles. The number of hydrogen-bond acceptors (Lipinski definition) is 3. The first-order chi connectivity index (χ1) is 5.33. The van der Waals surface area contributed by atoms with Crippen molar-refractivity contribution in [3.63, 3.8) is 0 Å². The highest BCUT2D eigenvalue weighted by atomic mass is 16.6. The van der Waals surface area contributed by atoms with Gasteiger partial charge in [-0.1, -0.05) is 18.2 Å². The molecule has 0 amide bonds. The van der Waals surface area contributed by atoms with Gasteiger partial charge in [0.05, 0.1) is 0 Å². The zero-order valence-electron chi connectivity index (χ0n) is 6.32. The molecule has 1 atom stereocenters. The monoisotopic (exact) mass is 153 g/mol. The lowest BCUT2D eigenvalue weighted by Crippen LogP contribution is -2.20. The van der Waals surface area contributed by atoms with Crippen LogP contribution in [0.4, 0.5) is 5.69 Å². The number of benzene rings is 1. The first kappa shape index (κ1) is 8.04. The highest BCUT2D eigenvalue weighted by Crippen LogP contribution is 2.05. The predicted molar refractivity (Wildman–Crippen MR) is 43.1 cm³/mol.